The Morgan fingerprint density at radius 3 is 1.65 bits per heavy atom. The number of unbranched alkanes of at least 4 members (excludes halogenated alkanes) is 13. The lowest BCUT2D eigenvalue weighted by atomic mass is 10.0. The molecule has 0 aliphatic heterocycles. The number of hydrogen-bond donors (Lipinski definition) is 1. The molecule has 178 valence electrons. The largest absolute Gasteiger partial charge is 0.479 e. The third-order valence-electron chi connectivity index (χ3n) is 5.65. The molecule has 0 amide bonds. The van der Waals surface area contributed by atoms with Gasteiger partial charge in [-0.05, 0) is 25.5 Å². The van der Waals surface area contributed by atoms with Crippen molar-refractivity contribution in [1.82, 2.24) is 0 Å². The number of carboxylic acids is 1. The molecular formula is C25H42O5S. The highest BCUT2D eigenvalue weighted by Gasteiger charge is 2.26. The van der Waals surface area contributed by atoms with Gasteiger partial charge in [-0.3, -0.25) is 4.18 Å². The Kier molecular flexibility index (Phi) is 14.5. The summed E-state index contributed by atoms with van der Waals surface area (Å²) in [5, 5.41) is 9.34. The first-order valence-electron chi connectivity index (χ1n) is 12.1. The second-order valence-corrected chi connectivity index (χ2v) is 10.1. The smallest absolute Gasteiger partial charge is 0.334 e. The molecule has 0 radical (unpaired) electrons. The van der Waals surface area contributed by atoms with Crippen LogP contribution in [0.3, 0.4) is 0 Å². The zero-order valence-electron chi connectivity index (χ0n) is 19.5. The summed E-state index contributed by atoms with van der Waals surface area (Å²) in [5.74, 6) is -1.23. The monoisotopic (exact) mass is 454 g/mol. The van der Waals surface area contributed by atoms with Gasteiger partial charge in [0.25, 0.3) is 10.1 Å². The number of carboxylic acid groups (broad SMARTS) is 1. The van der Waals surface area contributed by atoms with Gasteiger partial charge in [0.1, 0.15) is 0 Å². The number of aliphatic carboxylic acids is 1. The molecule has 0 aliphatic rings. The van der Waals surface area contributed by atoms with Gasteiger partial charge in [0, 0.05) is 0 Å². The summed E-state index contributed by atoms with van der Waals surface area (Å²) in [6, 6.07) is 6.21. The van der Waals surface area contributed by atoms with Gasteiger partial charge in [-0.15, -0.1) is 0 Å². The Bertz CT molecular complexity index is 697. The van der Waals surface area contributed by atoms with Gasteiger partial charge in [0.05, 0.1) is 4.90 Å². The highest BCUT2D eigenvalue weighted by atomic mass is 32.2. The van der Waals surface area contributed by atoms with Gasteiger partial charge in [0.15, 0.2) is 6.10 Å². The molecule has 0 aliphatic carbocycles. The molecule has 0 aromatic heterocycles. The quantitative estimate of drug-likeness (QED) is 0.179. The van der Waals surface area contributed by atoms with Crippen LogP contribution in [0.25, 0.3) is 0 Å². The summed E-state index contributed by atoms with van der Waals surface area (Å²) in [6.07, 6.45) is 15.9. The van der Waals surface area contributed by atoms with Crippen LogP contribution in [-0.2, 0) is 19.1 Å². The van der Waals surface area contributed by atoms with Gasteiger partial charge in [-0.2, -0.15) is 8.42 Å². The molecule has 6 heteroatoms. The van der Waals surface area contributed by atoms with E-state index in [1.165, 1.54) is 76.3 Å². The lowest BCUT2D eigenvalue weighted by Gasteiger charge is -2.13. The van der Waals surface area contributed by atoms with Crippen molar-refractivity contribution in [2.45, 2.75) is 121 Å². The zero-order chi connectivity index (χ0) is 23.0. The second-order valence-electron chi connectivity index (χ2n) is 8.58. The van der Waals surface area contributed by atoms with Crippen molar-refractivity contribution in [3.8, 4) is 0 Å². The maximum absolute atomic E-state index is 12.3. The normalized spacial score (nSPS) is 12.7. The van der Waals surface area contributed by atoms with Crippen LogP contribution < -0.4 is 0 Å². The fourth-order valence-electron chi connectivity index (χ4n) is 3.65. The summed E-state index contributed by atoms with van der Waals surface area (Å²) < 4.78 is 29.7. The summed E-state index contributed by atoms with van der Waals surface area (Å²) in [5.41, 5.74) is 0.927. The molecule has 5 nitrogen and oxygen atoms in total. The Balaban J connectivity index is 2.13. The van der Waals surface area contributed by atoms with Crippen molar-refractivity contribution >= 4 is 16.1 Å². The minimum absolute atomic E-state index is 0.00897. The van der Waals surface area contributed by atoms with Gasteiger partial charge < -0.3 is 5.11 Å². The number of aryl methyl sites for hydroxylation is 1. The third-order valence-corrected chi connectivity index (χ3v) is 6.98. The van der Waals surface area contributed by atoms with Crippen LogP contribution in [0.15, 0.2) is 29.2 Å². The highest BCUT2D eigenvalue weighted by molar-refractivity contribution is 7.86. The summed E-state index contributed by atoms with van der Waals surface area (Å²) >= 11 is 0. The maximum atomic E-state index is 12.3. The van der Waals surface area contributed by atoms with E-state index in [1.54, 1.807) is 12.1 Å². The van der Waals surface area contributed by atoms with Crippen LogP contribution in [0.2, 0.25) is 0 Å². The first-order valence-corrected chi connectivity index (χ1v) is 13.5. The van der Waals surface area contributed by atoms with Crippen molar-refractivity contribution in [3.63, 3.8) is 0 Å². The highest BCUT2D eigenvalue weighted by Crippen LogP contribution is 2.19. The van der Waals surface area contributed by atoms with Crippen molar-refractivity contribution in [2.75, 3.05) is 0 Å². The van der Waals surface area contributed by atoms with E-state index in [-0.39, 0.29) is 11.3 Å². The predicted molar refractivity (Wildman–Crippen MR) is 126 cm³/mol. The zero-order valence-corrected chi connectivity index (χ0v) is 20.3. The van der Waals surface area contributed by atoms with Crippen LogP contribution >= 0.6 is 0 Å². The average molecular weight is 455 g/mol. The van der Waals surface area contributed by atoms with Crippen LogP contribution in [0.4, 0.5) is 0 Å². The number of benzene rings is 1. The van der Waals surface area contributed by atoms with Crippen molar-refractivity contribution < 1.29 is 22.5 Å². The lowest BCUT2D eigenvalue weighted by Crippen LogP contribution is -2.27. The Labute approximate surface area is 189 Å². The van der Waals surface area contributed by atoms with E-state index in [0.29, 0.717) is 6.42 Å². The molecule has 1 N–H and O–H groups in total. The molecule has 0 spiro atoms. The molecular weight excluding hydrogens is 412 g/mol. The Hall–Kier alpha value is -1.40. The summed E-state index contributed by atoms with van der Waals surface area (Å²) in [7, 11) is -4.07. The Morgan fingerprint density at radius 2 is 1.23 bits per heavy atom. The minimum Gasteiger partial charge on any atom is -0.479 e. The fraction of sp³-hybridized carbons (Fsp3) is 0.720. The molecule has 1 atom stereocenters. The van der Waals surface area contributed by atoms with E-state index < -0.39 is 22.2 Å². The van der Waals surface area contributed by atoms with Crippen molar-refractivity contribution in [3.05, 3.63) is 29.8 Å². The molecule has 1 aromatic carbocycles. The van der Waals surface area contributed by atoms with Crippen LogP contribution in [-0.4, -0.2) is 25.6 Å². The number of hydrogen-bond acceptors (Lipinski definition) is 4. The molecule has 0 bridgehead atoms. The second kappa shape index (κ2) is 16.3. The summed E-state index contributed by atoms with van der Waals surface area (Å²) in [6.45, 7) is 4.10. The van der Waals surface area contributed by atoms with Crippen molar-refractivity contribution in [1.29, 1.82) is 0 Å². The standard InChI is InChI=1S/C25H42O5S/c1-3-4-5-6-7-8-9-10-11-12-13-14-15-16-17-24(25(26)27)30-31(28,29)23-20-18-22(2)19-21-23/h18-21,24H,3-17H2,1-2H3,(H,26,27). The molecule has 1 aromatic rings. The molecule has 1 unspecified atom stereocenters. The molecule has 31 heavy (non-hydrogen) atoms. The topological polar surface area (TPSA) is 80.7 Å². The molecule has 0 fully saturated rings. The lowest BCUT2D eigenvalue weighted by molar-refractivity contribution is -0.145. The van der Waals surface area contributed by atoms with E-state index in [2.05, 4.69) is 6.92 Å². The van der Waals surface area contributed by atoms with Crippen LogP contribution in [0, 0.1) is 6.92 Å². The van der Waals surface area contributed by atoms with E-state index in [4.69, 9.17) is 4.18 Å². The first kappa shape index (κ1) is 27.6. The van der Waals surface area contributed by atoms with Crippen LogP contribution in [0.5, 0.6) is 0 Å². The van der Waals surface area contributed by atoms with Gasteiger partial charge in [-0.1, -0.05) is 115 Å². The van der Waals surface area contributed by atoms with Gasteiger partial charge >= 0.3 is 5.97 Å². The first-order chi connectivity index (χ1) is 14.9. The van der Waals surface area contributed by atoms with Crippen molar-refractivity contribution in [2.24, 2.45) is 0 Å². The number of rotatable bonds is 19. The fourth-order valence-corrected chi connectivity index (χ4v) is 4.72. The Morgan fingerprint density at radius 1 is 0.806 bits per heavy atom. The average Bonchev–Trinajstić information content (AvgIpc) is 2.73. The molecule has 0 saturated heterocycles. The van der Waals surface area contributed by atoms with E-state index in [1.807, 2.05) is 6.92 Å². The van der Waals surface area contributed by atoms with Gasteiger partial charge in [0.2, 0.25) is 0 Å². The summed E-state index contributed by atoms with van der Waals surface area (Å²) in [4.78, 5) is 11.4. The molecule has 0 saturated carbocycles. The third kappa shape index (κ3) is 12.9. The predicted octanol–water partition coefficient (Wildman–Crippen LogP) is 7.02. The van der Waals surface area contributed by atoms with Crippen LogP contribution in [0.1, 0.15) is 109 Å². The number of carbonyl (C=O) groups is 1. The molecule has 1 rings (SSSR count). The minimum atomic E-state index is -4.07. The molecule has 0 heterocycles. The van der Waals surface area contributed by atoms with Gasteiger partial charge in [-0.25, -0.2) is 4.79 Å². The SMILES string of the molecule is CCCCCCCCCCCCCCCCC(OS(=O)(=O)c1ccc(C)cc1)C(=O)O. The van der Waals surface area contributed by atoms with E-state index in [0.717, 1.165) is 24.8 Å². The van der Waals surface area contributed by atoms with E-state index in [9.17, 15) is 18.3 Å². The maximum Gasteiger partial charge on any atom is 0.334 e. The van der Waals surface area contributed by atoms with E-state index >= 15 is 0 Å².